The van der Waals surface area contributed by atoms with Crippen LogP contribution in [0.4, 0.5) is 11.5 Å². The van der Waals surface area contributed by atoms with Crippen molar-refractivity contribution >= 4 is 29.2 Å². The van der Waals surface area contributed by atoms with Crippen LogP contribution in [0.1, 0.15) is 65.2 Å². The zero-order valence-electron chi connectivity index (χ0n) is 22.0. The second-order valence-electron chi connectivity index (χ2n) is 10.3. The molecule has 1 aliphatic carbocycles. The Bertz CT molecular complexity index is 1170. The summed E-state index contributed by atoms with van der Waals surface area (Å²) in [5, 5.41) is 21.3. The van der Waals surface area contributed by atoms with Crippen LogP contribution in [0, 0.1) is 22.0 Å². The fourth-order valence-electron chi connectivity index (χ4n) is 5.36. The van der Waals surface area contributed by atoms with Crippen LogP contribution in [-0.4, -0.2) is 56.0 Å². The highest BCUT2D eigenvalue weighted by molar-refractivity contribution is 5.98. The molecule has 1 aliphatic heterocycles. The average Bonchev–Trinajstić information content (AvgIpc) is 3.61. The minimum Gasteiger partial charge on any atom is -0.344 e. The van der Waals surface area contributed by atoms with Crippen molar-refractivity contribution in [2.75, 3.05) is 11.9 Å². The van der Waals surface area contributed by atoms with Crippen LogP contribution in [0.15, 0.2) is 36.5 Å². The Morgan fingerprint density at radius 2 is 1.89 bits per heavy atom. The number of carbonyl (C=O) groups excluding carboxylic acids is 3. The number of anilines is 1. The van der Waals surface area contributed by atoms with E-state index < -0.39 is 17.0 Å². The summed E-state index contributed by atoms with van der Waals surface area (Å²) in [5.41, 5.74) is 0.347. The van der Waals surface area contributed by atoms with Gasteiger partial charge in [0.1, 0.15) is 17.9 Å². The molecule has 11 nitrogen and oxygen atoms in total. The summed E-state index contributed by atoms with van der Waals surface area (Å²) in [6.45, 7) is 4.25. The van der Waals surface area contributed by atoms with Crippen LogP contribution in [0.5, 0.6) is 0 Å². The van der Waals surface area contributed by atoms with Crippen molar-refractivity contribution in [1.29, 1.82) is 0 Å². The molecule has 0 unspecified atom stereocenters. The predicted octanol–water partition coefficient (Wildman–Crippen LogP) is 3.82. The largest absolute Gasteiger partial charge is 0.344 e. The first-order valence-electron chi connectivity index (χ1n) is 13.5. The minimum atomic E-state index is -0.678. The molecule has 2 fully saturated rings. The zero-order chi connectivity index (χ0) is 27.2. The maximum Gasteiger partial charge on any atom is 0.271 e. The molecule has 204 valence electrons. The van der Waals surface area contributed by atoms with Crippen molar-refractivity contribution < 1.29 is 19.3 Å². The lowest BCUT2D eigenvalue weighted by atomic mass is 9.83. The molecule has 0 bridgehead atoms. The molecule has 1 saturated carbocycles. The topological polar surface area (TPSA) is 139 Å². The quantitative estimate of drug-likeness (QED) is 0.378. The number of carbonyl (C=O) groups is 3. The second kappa shape index (κ2) is 12.2. The first-order valence-corrected chi connectivity index (χ1v) is 13.5. The molecule has 3 atom stereocenters. The first kappa shape index (κ1) is 27.3. The summed E-state index contributed by atoms with van der Waals surface area (Å²) in [4.78, 5) is 52.4. The smallest absolute Gasteiger partial charge is 0.271 e. The lowest BCUT2D eigenvalue weighted by Gasteiger charge is -2.35. The van der Waals surface area contributed by atoms with Crippen molar-refractivity contribution in [2.45, 2.75) is 77.3 Å². The Morgan fingerprint density at radius 3 is 2.61 bits per heavy atom. The fraction of sp³-hybridized carbons (Fsp3) is 0.556. The summed E-state index contributed by atoms with van der Waals surface area (Å²) >= 11 is 0. The Labute approximate surface area is 222 Å². The number of benzene rings is 1. The van der Waals surface area contributed by atoms with Gasteiger partial charge in [0.2, 0.25) is 17.7 Å². The highest BCUT2D eigenvalue weighted by Gasteiger charge is 2.41. The molecular weight excluding hydrogens is 488 g/mol. The Morgan fingerprint density at radius 1 is 1.13 bits per heavy atom. The van der Waals surface area contributed by atoms with Gasteiger partial charge in [-0.3, -0.25) is 24.5 Å². The summed E-state index contributed by atoms with van der Waals surface area (Å²) in [6.07, 6.45) is 8.32. The summed E-state index contributed by atoms with van der Waals surface area (Å²) < 4.78 is 1.42. The van der Waals surface area contributed by atoms with Gasteiger partial charge in [-0.25, -0.2) is 4.68 Å². The lowest BCUT2D eigenvalue weighted by molar-refractivity contribution is -0.384. The van der Waals surface area contributed by atoms with Gasteiger partial charge in [-0.1, -0.05) is 39.2 Å². The Balaban J connectivity index is 1.51. The molecule has 2 aromatic rings. The van der Waals surface area contributed by atoms with Gasteiger partial charge in [0.05, 0.1) is 16.8 Å². The standard InChI is InChI=1S/C27H36N6O5/c1-3-18(2)25(34)30-24(19-9-5-4-6-10-19)27(36)31-16-8-13-22(31)26(35)29-23-14-15-28-32(23)20-11-7-12-21(17-20)33(37)38/h7,11-12,14-15,17-19,22,24H,3-6,8-10,13,16H2,1-2H3,(H,29,35)(H,30,34)/t18-,22+,24+/m1/s1. The molecule has 2 N–H and O–H groups in total. The molecule has 2 aliphatic rings. The van der Waals surface area contributed by atoms with E-state index in [2.05, 4.69) is 15.7 Å². The number of non-ortho nitro benzene ring substituents is 1. The van der Waals surface area contributed by atoms with Crippen LogP contribution >= 0.6 is 0 Å². The molecule has 11 heteroatoms. The molecule has 1 aromatic carbocycles. The summed E-state index contributed by atoms with van der Waals surface area (Å²) in [7, 11) is 0. The van der Waals surface area contributed by atoms with E-state index in [0.29, 0.717) is 37.3 Å². The predicted molar refractivity (Wildman–Crippen MR) is 142 cm³/mol. The molecule has 38 heavy (non-hydrogen) atoms. The molecule has 1 aromatic heterocycles. The van der Waals surface area contributed by atoms with Crippen LogP contribution in [0.3, 0.4) is 0 Å². The number of nitro benzene ring substituents is 1. The van der Waals surface area contributed by atoms with Crippen molar-refractivity contribution in [3.8, 4) is 5.69 Å². The van der Waals surface area contributed by atoms with E-state index in [1.54, 1.807) is 23.1 Å². The van der Waals surface area contributed by atoms with Crippen molar-refractivity contribution in [1.82, 2.24) is 20.0 Å². The number of hydrogen-bond donors (Lipinski definition) is 2. The highest BCUT2D eigenvalue weighted by atomic mass is 16.6. The summed E-state index contributed by atoms with van der Waals surface area (Å²) in [5.74, 6) is -0.456. The van der Waals surface area contributed by atoms with E-state index in [1.807, 2.05) is 13.8 Å². The Hall–Kier alpha value is -3.76. The molecule has 1 saturated heterocycles. The highest BCUT2D eigenvalue weighted by Crippen LogP contribution is 2.30. The van der Waals surface area contributed by atoms with Gasteiger partial charge in [0, 0.05) is 30.7 Å². The maximum absolute atomic E-state index is 13.8. The van der Waals surface area contributed by atoms with Gasteiger partial charge >= 0.3 is 0 Å². The third kappa shape index (κ3) is 6.03. The molecule has 0 radical (unpaired) electrons. The number of nitrogens with one attached hydrogen (secondary N) is 2. The van der Waals surface area contributed by atoms with E-state index in [0.717, 1.165) is 32.1 Å². The van der Waals surface area contributed by atoms with Crippen molar-refractivity contribution in [3.05, 3.63) is 46.6 Å². The molecule has 4 rings (SSSR count). The first-order chi connectivity index (χ1) is 18.3. The van der Waals surface area contributed by atoms with Crippen LogP contribution in [0.25, 0.3) is 5.69 Å². The van der Waals surface area contributed by atoms with Gasteiger partial charge in [-0.15, -0.1) is 0 Å². The lowest BCUT2D eigenvalue weighted by Crippen LogP contribution is -2.56. The third-order valence-electron chi connectivity index (χ3n) is 7.76. The van der Waals surface area contributed by atoms with Gasteiger partial charge in [-0.2, -0.15) is 5.10 Å². The van der Waals surface area contributed by atoms with Gasteiger partial charge in [-0.05, 0) is 44.1 Å². The van der Waals surface area contributed by atoms with Gasteiger partial charge < -0.3 is 15.5 Å². The van der Waals surface area contributed by atoms with E-state index in [1.165, 1.54) is 23.0 Å². The van der Waals surface area contributed by atoms with Crippen LogP contribution in [-0.2, 0) is 14.4 Å². The van der Waals surface area contributed by atoms with Crippen LogP contribution in [0.2, 0.25) is 0 Å². The minimum absolute atomic E-state index is 0.0591. The number of nitro groups is 1. The van der Waals surface area contributed by atoms with E-state index >= 15 is 0 Å². The zero-order valence-corrected chi connectivity index (χ0v) is 22.0. The number of amides is 3. The SMILES string of the molecule is CC[C@@H](C)C(=O)N[C@H](C(=O)N1CCC[C@H]1C(=O)Nc1ccnn1-c1cccc([N+](=O)[O-])c1)C1CCCCC1. The van der Waals surface area contributed by atoms with Gasteiger partial charge in [0.15, 0.2) is 0 Å². The second-order valence-corrected chi connectivity index (χ2v) is 10.3. The normalized spacial score (nSPS) is 19.5. The fourth-order valence-corrected chi connectivity index (χ4v) is 5.36. The van der Waals surface area contributed by atoms with Crippen molar-refractivity contribution in [3.63, 3.8) is 0 Å². The molecule has 0 spiro atoms. The number of nitrogens with zero attached hydrogens (tertiary/aromatic N) is 4. The number of likely N-dealkylation sites (tertiary alicyclic amines) is 1. The molecular formula is C27H36N6O5. The summed E-state index contributed by atoms with van der Waals surface area (Å²) in [6, 6.07) is 6.27. The average molecular weight is 525 g/mol. The van der Waals surface area contributed by atoms with E-state index in [9.17, 15) is 24.5 Å². The number of rotatable bonds is 9. The van der Waals surface area contributed by atoms with E-state index in [4.69, 9.17) is 0 Å². The molecule has 2 heterocycles. The van der Waals surface area contributed by atoms with Crippen molar-refractivity contribution in [2.24, 2.45) is 11.8 Å². The van der Waals surface area contributed by atoms with Crippen LogP contribution < -0.4 is 10.6 Å². The Kier molecular flexibility index (Phi) is 8.75. The monoisotopic (exact) mass is 524 g/mol. The third-order valence-corrected chi connectivity index (χ3v) is 7.76. The maximum atomic E-state index is 13.8. The molecule has 3 amide bonds. The van der Waals surface area contributed by atoms with E-state index in [-0.39, 0.29) is 35.2 Å². The number of aromatic nitrogens is 2. The van der Waals surface area contributed by atoms with Gasteiger partial charge in [0.25, 0.3) is 5.69 Å². The number of hydrogen-bond acceptors (Lipinski definition) is 6.